The van der Waals surface area contributed by atoms with Gasteiger partial charge in [-0.05, 0) is 18.8 Å². The van der Waals surface area contributed by atoms with E-state index < -0.39 is 5.97 Å². The summed E-state index contributed by atoms with van der Waals surface area (Å²) in [6.07, 6.45) is 3.67. The second kappa shape index (κ2) is 5.68. The van der Waals surface area contributed by atoms with Crippen LogP contribution in [0.15, 0.2) is 6.33 Å². The summed E-state index contributed by atoms with van der Waals surface area (Å²) in [6.45, 7) is 0.453. The van der Waals surface area contributed by atoms with Crippen LogP contribution < -0.4 is 5.32 Å². The van der Waals surface area contributed by atoms with Crippen LogP contribution in [0, 0.1) is 5.92 Å². The van der Waals surface area contributed by atoms with Gasteiger partial charge in [0.1, 0.15) is 12.9 Å². The van der Waals surface area contributed by atoms with Crippen LogP contribution in [0.25, 0.3) is 0 Å². The molecule has 0 atom stereocenters. The molecular formula is C11H17N5O3. The lowest BCUT2D eigenvalue weighted by Gasteiger charge is -2.20. The molecule has 8 heteroatoms. The van der Waals surface area contributed by atoms with Gasteiger partial charge in [0.2, 0.25) is 0 Å². The first-order valence-corrected chi connectivity index (χ1v) is 6.13. The first-order valence-electron chi connectivity index (χ1n) is 6.13. The number of aliphatic carboxylic acids is 1. The van der Waals surface area contributed by atoms with Gasteiger partial charge in [0.15, 0.2) is 5.82 Å². The average molecular weight is 267 g/mol. The molecule has 1 aromatic rings. The zero-order chi connectivity index (χ0) is 13.8. The topological polar surface area (TPSA) is 100 Å². The highest BCUT2D eigenvalue weighted by atomic mass is 16.4. The Balaban J connectivity index is 1.87. The van der Waals surface area contributed by atoms with Crippen molar-refractivity contribution in [2.45, 2.75) is 19.4 Å². The van der Waals surface area contributed by atoms with Gasteiger partial charge in [-0.3, -0.25) is 4.79 Å². The molecule has 0 unspecified atom stereocenters. The van der Waals surface area contributed by atoms with Crippen molar-refractivity contribution in [3.05, 3.63) is 12.2 Å². The van der Waals surface area contributed by atoms with Crippen molar-refractivity contribution in [3.8, 4) is 0 Å². The molecule has 1 aliphatic carbocycles. The fourth-order valence-corrected chi connectivity index (χ4v) is 1.73. The van der Waals surface area contributed by atoms with Gasteiger partial charge in [0.25, 0.3) is 0 Å². The Morgan fingerprint density at radius 1 is 1.58 bits per heavy atom. The number of carbonyl (C=O) groups is 2. The van der Waals surface area contributed by atoms with Crippen molar-refractivity contribution in [3.63, 3.8) is 0 Å². The monoisotopic (exact) mass is 267 g/mol. The molecule has 8 nitrogen and oxygen atoms in total. The molecule has 0 saturated heterocycles. The van der Waals surface area contributed by atoms with Crippen molar-refractivity contribution in [2.75, 3.05) is 13.1 Å². The predicted molar refractivity (Wildman–Crippen MR) is 65.2 cm³/mol. The van der Waals surface area contributed by atoms with Crippen LogP contribution in [-0.2, 0) is 18.4 Å². The summed E-state index contributed by atoms with van der Waals surface area (Å²) in [4.78, 5) is 24.0. The van der Waals surface area contributed by atoms with E-state index in [0.29, 0.717) is 18.3 Å². The number of nitrogens with one attached hydrogen (secondary N) is 1. The summed E-state index contributed by atoms with van der Waals surface area (Å²) >= 11 is 0. The molecule has 104 valence electrons. The standard InChI is InChI=1S/C11H17N5O3/c1-15-7-13-14-9(15)4-12-11(19)16(6-10(17)18)5-8-2-3-8/h7-8H,2-6H2,1H3,(H,12,19)(H,17,18). The molecule has 0 bridgehead atoms. The number of amides is 2. The summed E-state index contributed by atoms with van der Waals surface area (Å²) in [6, 6.07) is -0.377. The van der Waals surface area contributed by atoms with E-state index in [9.17, 15) is 9.59 Å². The molecular weight excluding hydrogens is 250 g/mol. The fraction of sp³-hybridized carbons (Fsp3) is 0.636. The molecule has 2 amide bonds. The highest BCUT2D eigenvalue weighted by Crippen LogP contribution is 2.29. The molecule has 0 radical (unpaired) electrons. The van der Waals surface area contributed by atoms with Gasteiger partial charge in [0.05, 0.1) is 6.54 Å². The molecule has 0 aromatic carbocycles. The van der Waals surface area contributed by atoms with Crippen molar-refractivity contribution < 1.29 is 14.7 Å². The Hall–Kier alpha value is -2.12. The van der Waals surface area contributed by atoms with Gasteiger partial charge in [-0.2, -0.15) is 0 Å². The van der Waals surface area contributed by atoms with Gasteiger partial charge in [-0.1, -0.05) is 0 Å². The summed E-state index contributed by atoms with van der Waals surface area (Å²) in [7, 11) is 1.78. The zero-order valence-corrected chi connectivity index (χ0v) is 10.7. The van der Waals surface area contributed by atoms with E-state index in [2.05, 4.69) is 15.5 Å². The lowest BCUT2D eigenvalue weighted by Crippen LogP contribution is -2.43. The summed E-state index contributed by atoms with van der Waals surface area (Å²) < 4.78 is 1.70. The molecule has 1 heterocycles. The lowest BCUT2D eigenvalue weighted by atomic mass is 10.3. The van der Waals surface area contributed by atoms with Crippen LogP contribution in [0.4, 0.5) is 4.79 Å². The van der Waals surface area contributed by atoms with E-state index in [0.717, 1.165) is 12.8 Å². The number of nitrogens with zero attached hydrogens (tertiary/aromatic N) is 4. The first-order chi connectivity index (χ1) is 9.06. The van der Waals surface area contributed by atoms with Gasteiger partial charge < -0.3 is 19.9 Å². The molecule has 1 aliphatic rings. The smallest absolute Gasteiger partial charge is 0.323 e. The second-order valence-corrected chi connectivity index (χ2v) is 4.73. The van der Waals surface area contributed by atoms with Crippen molar-refractivity contribution in [1.82, 2.24) is 25.0 Å². The number of carboxylic acids is 1. The Morgan fingerprint density at radius 2 is 2.32 bits per heavy atom. The van der Waals surface area contributed by atoms with E-state index >= 15 is 0 Å². The first kappa shape index (κ1) is 13.3. The highest BCUT2D eigenvalue weighted by molar-refractivity contribution is 5.80. The SMILES string of the molecule is Cn1cnnc1CNC(=O)N(CC(=O)O)CC1CC1. The summed E-state index contributed by atoms with van der Waals surface area (Å²) in [5.41, 5.74) is 0. The van der Waals surface area contributed by atoms with Gasteiger partial charge >= 0.3 is 12.0 Å². The van der Waals surface area contributed by atoms with Crippen LogP contribution in [0.5, 0.6) is 0 Å². The van der Waals surface area contributed by atoms with E-state index in [1.54, 1.807) is 17.9 Å². The van der Waals surface area contributed by atoms with Crippen LogP contribution in [-0.4, -0.2) is 49.9 Å². The zero-order valence-electron chi connectivity index (χ0n) is 10.7. The number of aromatic nitrogens is 3. The molecule has 1 fully saturated rings. The minimum Gasteiger partial charge on any atom is -0.480 e. The molecule has 2 N–H and O–H groups in total. The third kappa shape index (κ3) is 3.94. The summed E-state index contributed by atoms with van der Waals surface area (Å²) in [5, 5.41) is 19.0. The van der Waals surface area contributed by atoms with Crippen molar-refractivity contribution in [2.24, 2.45) is 13.0 Å². The van der Waals surface area contributed by atoms with Gasteiger partial charge in [-0.25, -0.2) is 4.79 Å². The Kier molecular flexibility index (Phi) is 3.98. The lowest BCUT2D eigenvalue weighted by molar-refractivity contribution is -0.137. The number of carboxylic acid groups (broad SMARTS) is 1. The quantitative estimate of drug-likeness (QED) is 0.744. The third-order valence-corrected chi connectivity index (χ3v) is 2.99. The largest absolute Gasteiger partial charge is 0.480 e. The van der Waals surface area contributed by atoms with E-state index in [-0.39, 0.29) is 19.1 Å². The number of aryl methyl sites for hydroxylation is 1. The Morgan fingerprint density at radius 3 is 2.84 bits per heavy atom. The molecule has 0 spiro atoms. The third-order valence-electron chi connectivity index (χ3n) is 2.99. The maximum absolute atomic E-state index is 11.9. The number of rotatable bonds is 6. The van der Waals surface area contributed by atoms with E-state index in [1.165, 1.54) is 4.90 Å². The highest BCUT2D eigenvalue weighted by Gasteiger charge is 2.27. The Bertz CT molecular complexity index is 469. The maximum atomic E-state index is 11.9. The fourth-order valence-electron chi connectivity index (χ4n) is 1.73. The van der Waals surface area contributed by atoms with Gasteiger partial charge in [-0.15, -0.1) is 10.2 Å². The van der Waals surface area contributed by atoms with Crippen LogP contribution in [0.1, 0.15) is 18.7 Å². The summed E-state index contributed by atoms with van der Waals surface area (Å²) in [5.74, 6) is 0.0597. The number of urea groups is 1. The van der Waals surface area contributed by atoms with Crippen molar-refractivity contribution >= 4 is 12.0 Å². The number of carbonyl (C=O) groups excluding carboxylic acids is 1. The maximum Gasteiger partial charge on any atom is 0.323 e. The molecule has 19 heavy (non-hydrogen) atoms. The Labute approximate surface area is 110 Å². The number of hydrogen-bond acceptors (Lipinski definition) is 4. The van der Waals surface area contributed by atoms with Gasteiger partial charge in [0, 0.05) is 13.6 Å². The minimum atomic E-state index is -1.01. The molecule has 1 aromatic heterocycles. The molecule has 2 rings (SSSR count). The van der Waals surface area contributed by atoms with Crippen LogP contribution in [0.2, 0.25) is 0 Å². The minimum absolute atomic E-state index is 0.232. The predicted octanol–water partition coefficient (Wildman–Crippen LogP) is -0.179. The average Bonchev–Trinajstić information content (AvgIpc) is 3.07. The second-order valence-electron chi connectivity index (χ2n) is 4.73. The van der Waals surface area contributed by atoms with E-state index in [4.69, 9.17) is 5.11 Å². The van der Waals surface area contributed by atoms with Crippen molar-refractivity contribution in [1.29, 1.82) is 0 Å². The normalized spacial score (nSPS) is 14.2. The van der Waals surface area contributed by atoms with Crippen LogP contribution >= 0.6 is 0 Å². The number of hydrogen-bond donors (Lipinski definition) is 2. The molecule has 0 aliphatic heterocycles. The molecule has 1 saturated carbocycles. The van der Waals surface area contributed by atoms with E-state index in [1.807, 2.05) is 0 Å². The van der Waals surface area contributed by atoms with Crippen LogP contribution in [0.3, 0.4) is 0 Å².